The van der Waals surface area contributed by atoms with Crippen molar-refractivity contribution in [2.45, 2.75) is 19.4 Å². The Balaban J connectivity index is 1.97. The number of anilines is 1. The van der Waals surface area contributed by atoms with E-state index in [2.05, 4.69) is 21.7 Å². The Morgan fingerprint density at radius 2 is 2.46 bits per heavy atom. The van der Waals surface area contributed by atoms with Crippen molar-refractivity contribution in [2.75, 3.05) is 18.4 Å². The average Bonchev–Trinajstić information content (AvgIpc) is 2.62. The third-order valence-corrected chi connectivity index (χ3v) is 2.32. The molecule has 0 aromatic carbocycles. The Morgan fingerprint density at radius 3 is 3.08 bits per heavy atom. The normalized spacial score (nSPS) is 21.8. The SMILES string of the molecule is Cc1ccc(NC2CCNC2)nc1. The molecule has 1 aliphatic rings. The molecule has 3 nitrogen and oxygen atoms in total. The lowest BCUT2D eigenvalue weighted by Gasteiger charge is -2.11. The third kappa shape index (κ3) is 2.18. The third-order valence-electron chi connectivity index (χ3n) is 2.32. The van der Waals surface area contributed by atoms with Gasteiger partial charge in [-0.15, -0.1) is 0 Å². The summed E-state index contributed by atoms with van der Waals surface area (Å²) in [6.07, 6.45) is 3.08. The van der Waals surface area contributed by atoms with Gasteiger partial charge in [0.25, 0.3) is 0 Å². The molecule has 2 N–H and O–H groups in total. The van der Waals surface area contributed by atoms with Crippen molar-refractivity contribution in [3.05, 3.63) is 23.9 Å². The van der Waals surface area contributed by atoms with Crippen LogP contribution in [-0.2, 0) is 0 Å². The fourth-order valence-corrected chi connectivity index (χ4v) is 1.54. The zero-order valence-corrected chi connectivity index (χ0v) is 7.88. The fourth-order valence-electron chi connectivity index (χ4n) is 1.54. The number of aromatic nitrogens is 1. The fraction of sp³-hybridized carbons (Fsp3) is 0.500. The van der Waals surface area contributed by atoms with E-state index in [4.69, 9.17) is 0 Å². The Bertz CT molecular complexity index is 262. The van der Waals surface area contributed by atoms with Crippen molar-refractivity contribution in [1.82, 2.24) is 10.3 Å². The summed E-state index contributed by atoms with van der Waals surface area (Å²) in [6, 6.07) is 4.67. The van der Waals surface area contributed by atoms with Crippen LogP contribution < -0.4 is 10.6 Å². The van der Waals surface area contributed by atoms with Gasteiger partial charge in [-0.1, -0.05) is 6.07 Å². The molecule has 1 atom stereocenters. The smallest absolute Gasteiger partial charge is 0.126 e. The highest BCUT2D eigenvalue weighted by atomic mass is 15.1. The number of hydrogen-bond acceptors (Lipinski definition) is 3. The van der Waals surface area contributed by atoms with Crippen LogP contribution in [0.3, 0.4) is 0 Å². The Morgan fingerprint density at radius 1 is 1.54 bits per heavy atom. The molecule has 2 rings (SSSR count). The van der Waals surface area contributed by atoms with Crippen LogP contribution in [-0.4, -0.2) is 24.1 Å². The van der Waals surface area contributed by atoms with Crippen LogP contribution in [0.1, 0.15) is 12.0 Å². The van der Waals surface area contributed by atoms with Gasteiger partial charge in [-0.05, 0) is 31.5 Å². The molecule has 1 aromatic rings. The van der Waals surface area contributed by atoms with Crippen LogP contribution >= 0.6 is 0 Å². The summed E-state index contributed by atoms with van der Waals surface area (Å²) >= 11 is 0. The summed E-state index contributed by atoms with van der Waals surface area (Å²) in [4.78, 5) is 4.30. The van der Waals surface area contributed by atoms with E-state index in [0.29, 0.717) is 6.04 Å². The van der Waals surface area contributed by atoms with E-state index in [1.807, 2.05) is 19.2 Å². The van der Waals surface area contributed by atoms with E-state index < -0.39 is 0 Å². The molecule has 1 unspecified atom stereocenters. The lowest BCUT2D eigenvalue weighted by molar-refractivity contribution is 0.788. The molecule has 0 radical (unpaired) electrons. The number of nitrogens with one attached hydrogen (secondary N) is 2. The highest BCUT2D eigenvalue weighted by Crippen LogP contribution is 2.08. The van der Waals surface area contributed by atoms with Gasteiger partial charge in [0, 0.05) is 18.8 Å². The minimum atomic E-state index is 0.551. The molecule has 0 saturated carbocycles. The molecule has 13 heavy (non-hydrogen) atoms. The van der Waals surface area contributed by atoms with E-state index in [0.717, 1.165) is 18.9 Å². The van der Waals surface area contributed by atoms with Gasteiger partial charge in [0.15, 0.2) is 0 Å². The maximum absolute atomic E-state index is 4.30. The van der Waals surface area contributed by atoms with Crippen molar-refractivity contribution >= 4 is 5.82 Å². The number of rotatable bonds is 2. The monoisotopic (exact) mass is 177 g/mol. The second-order valence-corrected chi connectivity index (χ2v) is 3.55. The Hall–Kier alpha value is -1.09. The number of aryl methyl sites for hydroxylation is 1. The van der Waals surface area contributed by atoms with Crippen LogP contribution in [0.2, 0.25) is 0 Å². The first kappa shape index (κ1) is 8.51. The topological polar surface area (TPSA) is 37.0 Å². The zero-order chi connectivity index (χ0) is 9.10. The van der Waals surface area contributed by atoms with Crippen LogP contribution in [0.4, 0.5) is 5.82 Å². The molecule has 0 amide bonds. The van der Waals surface area contributed by atoms with Crippen LogP contribution in [0.5, 0.6) is 0 Å². The standard InChI is InChI=1S/C10H15N3/c1-8-2-3-10(12-6-8)13-9-4-5-11-7-9/h2-3,6,9,11H,4-5,7H2,1H3,(H,12,13). The first-order chi connectivity index (χ1) is 6.34. The van der Waals surface area contributed by atoms with Gasteiger partial charge in [-0.3, -0.25) is 0 Å². The van der Waals surface area contributed by atoms with Crippen molar-refractivity contribution in [3.8, 4) is 0 Å². The van der Waals surface area contributed by atoms with Crippen LogP contribution in [0.25, 0.3) is 0 Å². The van der Waals surface area contributed by atoms with Gasteiger partial charge in [-0.25, -0.2) is 4.98 Å². The summed E-state index contributed by atoms with van der Waals surface area (Å²) in [5.74, 6) is 0.985. The van der Waals surface area contributed by atoms with Crippen molar-refractivity contribution in [1.29, 1.82) is 0 Å². The summed E-state index contributed by atoms with van der Waals surface area (Å²) < 4.78 is 0. The molecule has 1 aromatic heterocycles. The van der Waals surface area contributed by atoms with E-state index in [1.165, 1.54) is 12.0 Å². The lowest BCUT2D eigenvalue weighted by Crippen LogP contribution is -2.22. The van der Waals surface area contributed by atoms with Crippen molar-refractivity contribution in [2.24, 2.45) is 0 Å². The van der Waals surface area contributed by atoms with Crippen molar-refractivity contribution < 1.29 is 0 Å². The van der Waals surface area contributed by atoms with Gasteiger partial charge < -0.3 is 10.6 Å². The van der Waals surface area contributed by atoms with Gasteiger partial charge in [-0.2, -0.15) is 0 Å². The molecule has 0 aliphatic carbocycles. The Labute approximate surface area is 78.6 Å². The van der Waals surface area contributed by atoms with Gasteiger partial charge in [0.1, 0.15) is 5.82 Å². The highest BCUT2D eigenvalue weighted by molar-refractivity contribution is 5.36. The maximum atomic E-state index is 4.30. The van der Waals surface area contributed by atoms with Gasteiger partial charge in [0.2, 0.25) is 0 Å². The predicted molar refractivity (Wildman–Crippen MR) is 53.9 cm³/mol. The molecule has 1 aliphatic heterocycles. The summed E-state index contributed by atoms with van der Waals surface area (Å²) in [6.45, 7) is 4.22. The predicted octanol–water partition coefficient (Wildman–Crippen LogP) is 1.16. The molecule has 1 fully saturated rings. The number of hydrogen-bond donors (Lipinski definition) is 2. The first-order valence-corrected chi connectivity index (χ1v) is 4.74. The molecule has 1 saturated heterocycles. The summed E-state index contributed by atoms with van der Waals surface area (Å²) in [7, 11) is 0. The molecule has 0 bridgehead atoms. The second kappa shape index (κ2) is 3.75. The molecule has 3 heteroatoms. The van der Waals surface area contributed by atoms with E-state index in [-0.39, 0.29) is 0 Å². The minimum Gasteiger partial charge on any atom is -0.366 e. The van der Waals surface area contributed by atoms with E-state index in [9.17, 15) is 0 Å². The average molecular weight is 177 g/mol. The molecule has 2 heterocycles. The lowest BCUT2D eigenvalue weighted by atomic mass is 10.2. The quantitative estimate of drug-likeness (QED) is 0.712. The zero-order valence-electron chi connectivity index (χ0n) is 7.88. The maximum Gasteiger partial charge on any atom is 0.126 e. The van der Waals surface area contributed by atoms with Crippen LogP contribution in [0, 0.1) is 6.92 Å². The highest BCUT2D eigenvalue weighted by Gasteiger charge is 2.13. The number of nitrogens with zero attached hydrogens (tertiary/aromatic N) is 1. The summed E-state index contributed by atoms with van der Waals surface area (Å²) in [5, 5.41) is 6.71. The van der Waals surface area contributed by atoms with E-state index in [1.54, 1.807) is 0 Å². The second-order valence-electron chi connectivity index (χ2n) is 3.55. The Kier molecular flexibility index (Phi) is 2.45. The minimum absolute atomic E-state index is 0.551. The molecule has 0 spiro atoms. The van der Waals surface area contributed by atoms with Gasteiger partial charge in [0.05, 0.1) is 0 Å². The van der Waals surface area contributed by atoms with Crippen molar-refractivity contribution in [3.63, 3.8) is 0 Å². The van der Waals surface area contributed by atoms with E-state index >= 15 is 0 Å². The van der Waals surface area contributed by atoms with Gasteiger partial charge >= 0.3 is 0 Å². The van der Waals surface area contributed by atoms with Crippen LogP contribution in [0.15, 0.2) is 18.3 Å². The molecular formula is C10H15N3. The molecular weight excluding hydrogens is 162 g/mol. The first-order valence-electron chi connectivity index (χ1n) is 4.74. The summed E-state index contributed by atoms with van der Waals surface area (Å²) in [5.41, 5.74) is 1.20. The molecule has 70 valence electrons. The largest absolute Gasteiger partial charge is 0.366 e. The number of pyridine rings is 1.